The van der Waals surface area contributed by atoms with Crippen molar-refractivity contribution in [2.75, 3.05) is 0 Å². The van der Waals surface area contributed by atoms with Crippen molar-refractivity contribution in [2.24, 2.45) is 0 Å². The molecule has 1 rings (SSSR count). The van der Waals surface area contributed by atoms with Gasteiger partial charge in [0, 0.05) is 12.3 Å². The summed E-state index contributed by atoms with van der Waals surface area (Å²) in [6.45, 7) is 0. The maximum absolute atomic E-state index is 10.3. The fourth-order valence-corrected chi connectivity index (χ4v) is 0.668. The van der Waals surface area contributed by atoms with Crippen LogP contribution in [0.5, 0.6) is 0 Å². The summed E-state index contributed by atoms with van der Waals surface area (Å²) in [4.78, 5) is 10.3. The third-order valence-electron chi connectivity index (χ3n) is 0.542. The molecule has 0 unspecified atom stereocenters. The van der Waals surface area contributed by atoms with Gasteiger partial charge in [-0.2, -0.15) is 0 Å². The van der Waals surface area contributed by atoms with Gasteiger partial charge in [-0.1, -0.05) is 0 Å². The van der Waals surface area contributed by atoms with Crippen LogP contribution in [0.2, 0.25) is 0 Å². The van der Waals surface area contributed by atoms with Gasteiger partial charge in [-0.05, 0) is 0 Å². The van der Waals surface area contributed by atoms with Gasteiger partial charge in [0.25, 0.3) is 5.16 Å². The third-order valence-corrected chi connectivity index (χ3v) is 1.15. The lowest BCUT2D eigenvalue weighted by Gasteiger charge is -1.80. The standard InChI is InChI=1S/C3H2NO3P/c5-3-1-2-7-4(6)8-3/h1-2H. The molecule has 0 radical (unpaired) electrons. The molecule has 0 aliphatic carbocycles. The van der Waals surface area contributed by atoms with Gasteiger partial charge in [-0.15, -0.1) is 0 Å². The van der Waals surface area contributed by atoms with Gasteiger partial charge in [-0.3, -0.25) is 10.0 Å². The van der Waals surface area contributed by atoms with Crippen LogP contribution in [0.4, 0.5) is 0 Å². The highest BCUT2D eigenvalue weighted by Crippen LogP contribution is 1.78. The van der Waals surface area contributed by atoms with Crippen LogP contribution in [0.15, 0.2) is 21.6 Å². The van der Waals surface area contributed by atoms with Gasteiger partial charge < -0.3 is 4.52 Å². The number of hydrogen-bond acceptors (Lipinski definition) is 3. The second-order valence-corrected chi connectivity index (χ2v) is 2.05. The SMILES string of the molecule is O=c1cco[n+]([O-])p1. The molecule has 0 saturated heterocycles. The third kappa shape index (κ3) is 1.04. The molecule has 5 heteroatoms. The van der Waals surface area contributed by atoms with Crippen LogP contribution >= 0.6 is 8.35 Å². The summed E-state index contributed by atoms with van der Waals surface area (Å²) in [6.07, 6.45) is 1.06. The Kier molecular flexibility index (Phi) is 1.26. The molecule has 42 valence electrons. The molecule has 0 amide bonds. The van der Waals surface area contributed by atoms with Crippen molar-refractivity contribution in [3.8, 4) is 0 Å². The van der Waals surface area contributed by atoms with Crippen LogP contribution in [-0.4, -0.2) is 0 Å². The summed E-state index contributed by atoms with van der Waals surface area (Å²) in [6, 6.07) is 1.20. The van der Waals surface area contributed by atoms with Crippen molar-refractivity contribution in [3.05, 3.63) is 27.5 Å². The molecular formula is C3H2NO3P. The molecule has 0 saturated carbocycles. The predicted octanol–water partition coefficient (Wildman–Crippen LogP) is -0.147. The lowest BCUT2D eigenvalue weighted by atomic mass is 10.8. The lowest BCUT2D eigenvalue weighted by Crippen LogP contribution is -2.21. The van der Waals surface area contributed by atoms with E-state index in [0.717, 1.165) is 6.26 Å². The van der Waals surface area contributed by atoms with Gasteiger partial charge >= 0.3 is 8.35 Å². The average molecular weight is 131 g/mol. The van der Waals surface area contributed by atoms with Crippen molar-refractivity contribution in [2.45, 2.75) is 0 Å². The number of nitrogens with zero attached hydrogens (tertiary/aromatic N) is 1. The Morgan fingerprint density at radius 1 is 1.88 bits per heavy atom. The van der Waals surface area contributed by atoms with Crippen LogP contribution in [-0.2, 0) is 0 Å². The molecule has 0 fully saturated rings. The topological polar surface area (TPSA) is 57.2 Å². The van der Waals surface area contributed by atoms with Gasteiger partial charge in [0.2, 0.25) is 0 Å². The first kappa shape index (κ1) is 5.25. The molecule has 4 nitrogen and oxygen atoms in total. The molecule has 1 aromatic rings. The van der Waals surface area contributed by atoms with Gasteiger partial charge in [-0.25, -0.2) is 0 Å². The highest BCUT2D eigenvalue weighted by atomic mass is 31.0. The second-order valence-electron chi connectivity index (χ2n) is 1.08. The normalized spacial score (nSPS) is 10.0. The molecule has 0 aromatic carbocycles. The minimum Gasteiger partial charge on any atom is -0.373 e. The Hall–Kier alpha value is -0.890. The van der Waals surface area contributed by atoms with Crippen molar-refractivity contribution in [3.63, 3.8) is 0 Å². The summed E-state index contributed by atoms with van der Waals surface area (Å²) < 4.78 is 4.41. The average Bonchev–Trinajstić information content (AvgIpc) is 1.64. The lowest BCUT2D eigenvalue weighted by molar-refractivity contribution is -0.738. The minimum absolute atomic E-state index is 0.0251. The first-order valence-electron chi connectivity index (χ1n) is 1.85. The summed E-state index contributed by atoms with van der Waals surface area (Å²) in [5.74, 6) is 0. The van der Waals surface area contributed by atoms with E-state index in [4.69, 9.17) is 0 Å². The van der Waals surface area contributed by atoms with Gasteiger partial charge in [0.15, 0.2) is 0 Å². The summed E-state index contributed by atoms with van der Waals surface area (Å²) >= 11 is 0. The molecule has 8 heavy (non-hydrogen) atoms. The van der Waals surface area contributed by atoms with Crippen LogP contribution in [0.25, 0.3) is 0 Å². The summed E-state index contributed by atoms with van der Waals surface area (Å²) in [5, 5.41) is 9.83. The number of hydrogen-bond donors (Lipinski definition) is 0. The molecular weight excluding hydrogens is 129 g/mol. The van der Waals surface area contributed by atoms with E-state index in [2.05, 4.69) is 4.52 Å². The fraction of sp³-hybridized carbons (Fsp3) is 0. The van der Waals surface area contributed by atoms with E-state index in [1.54, 1.807) is 0 Å². The molecule has 0 atom stereocenters. The second kappa shape index (κ2) is 1.92. The van der Waals surface area contributed by atoms with Crippen molar-refractivity contribution in [1.82, 2.24) is 0 Å². The van der Waals surface area contributed by atoms with E-state index in [9.17, 15) is 10.0 Å². The van der Waals surface area contributed by atoms with Gasteiger partial charge in [0.05, 0.1) is 4.67 Å². The van der Waals surface area contributed by atoms with Gasteiger partial charge in [0.1, 0.15) is 0 Å². The highest BCUT2D eigenvalue weighted by Gasteiger charge is 1.90. The molecule has 0 N–H and O–H groups in total. The highest BCUT2D eigenvalue weighted by molar-refractivity contribution is 7.20. The van der Waals surface area contributed by atoms with Crippen molar-refractivity contribution < 1.29 is 9.19 Å². The van der Waals surface area contributed by atoms with Crippen molar-refractivity contribution >= 4 is 8.35 Å². The molecule has 1 heterocycles. The Labute approximate surface area is 46.1 Å². The van der Waals surface area contributed by atoms with Crippen LogP contribution in [0, 0.1) is 5.21 Å². The molecule has 1 aromatic heterocycles. The Morgan fingerprint density at radius 3 is 3.00 bits per heavy atom. The van der Waals surface area contributed by atoms with Crippen molar-refractivity contribution in [1.29, 1.82) is 0 Å². The summed E-state index contributed by atoms with van der Waals surface area (Å²) in [5.41, 5.74) is 0. The van der Waals surface area contributed by atoms with E-state index in [-0.39, 0.29) is 18.2 Å². The maximum atomic E-state index is 10.3. The monoisotopic (exact) mass is 131 g/mol. The largest absolute Gasteiger partial charge is 0.373 e. The predicted molar refractivity (Wildman–Crippen MR) is 26.5 cm³/mol. The molecule has 0 spiro atoms. The first-order valence-corrected chi connectivity index (χ1v) is 2.70. The van der Waals surface area contributed by atoms with E-state index in [1.807, 2.05) is 0 Å². The minimum atomic E-state index is -0.258. The zero-order valence-electron chi connectivity index (χ0n) is 3.77. The Morgan fingerprint density at radius 2 is 2.62 bits per heavy atom. The quantitative estimate of drug-likeness (QED) is 0.460. The van der Waals surface area contributed by atoms with E-state index in [1.165, 1.54) is 6.07 Å². The Balaban J connectivity index is 3.28. The Bertz CT molecular complexity index is 232. The maximum Gasteiger partial charge on any atom is 0.365 e. The van der Waals surface area contributed by atoms with Crippen LogP contribution in [0.3, 0.4) is 0 Å². The zero-order chi connectivity index (χ0) is 5.98. The molecule has 0 aliphatic rings. The smallest absolute Gasteiger partial charge is 0.365 e. The van der Waals surface area contributed by atoms with E-state index >= 15 is 0 Å². The van der Waals surface area contributed by atoms with E-state index < -0.39 is 0 Å². The number of aromatic nitrogens is 1. The van der Waals surface area contributed by atoms with Crippen LogP contribution in [0.1, 0.15) is 0 Å². The summed E-state index contributed by atoms with van der Waals surface area (Å²) in [7, 11) is 0.0251. The van der Waals surface area contributed by atoms with Crippen LogP contribution < -0.4 is 9.83 Å². The zero-order valence-corrected chi connectivity index (χ0v) is 4.67. The fourth-order valence-electron chi connectivity index (χ4n) is 0.278. The number of rotatable bonds is 0. The van der Waals surface area contributed by atoms with E-state index in [0.29, 0.717) is 0 Å². The molecule has 0 bridgehead atoms. The first-order chi connectivity index (χ1) is 3.79. The molecule has 0 aliphatic heterocycles.